The van der Waals surface area contributed by atoms with Crippen LogP contribution in [0, 0.1) is 6.92 Å². The molecule has 2 aromatic carbocycles. The molecule has 1 aliphatic heterocycles. The van der Waals surface area contributed by atoms with E-state index in [4.69, 9.17) is 15.0 Å². The highest BCUT2D eigenvalue weighted by atomic mass is 79.9. The first-order chi connectivity index (χ1) is 20.5. The predicted octanol–water partition coefficient (Wildman–Crippen LogP) is 4.84. The van der Waals surface area contributed by atoms with Gasteiger partial charge >= 0.3 is 0 Å². The van der Waals surface area contributed by atoms with Gasteiger partial charge < -0.3 is 20.6 Å². The lowest BCUT2D eigenvalue weighted by atomic mass is 10.2. The van der Waals surface area contributed by atoms with Gasteiger partial charge in [-0.2, -0.15) is 0 Å². The standard InChI is InChI=1S/C30H33BrN10O/c1-3-25-36-27(18-29(38-25)40-12-10-39(11-13-40)14-15-42)37-26-17-28(33-19-32-26)41-24-7-5-4-6-23(24)35-30(41)34-22-9-8-21(31)16-20(22)2/h4-9,16-19,42H,3,10-15H2,1-2H3,(H,34,35)(H,32,33,36,37,38). The maximum absolute atomic E-state index is 9.28. The number of piperazine rings is 1. The van der Waals surface area contributed by atoms with Crippen molar-refractivity contribution in [1.29, 1.82) is 0 Å². The quantitative estimate of drug-likeness (QED) is 0.209. The molecule has 6 rings (SSSR count). The summed E-state index contributed by atoms with van der Waals surface area (Å²) in [6, 6.07) is 18.0. The molecular formula is C30H33BrN10O. The number of aliphatic hydroxyl groups excluding tert-OH is 1. The van der Waals surface area contributed by atoms with Crippen molar-refractivity contribution in [3.05, 3.63) is 76.8 Å². The van der Waals surface area contributed by atoms with E-state index in [1.165, 1.54) is 0 Å². The number of nitrogens with one attached hydrogen (secondary N) is 2. The van der Waals surface area contributed by atoms with E-state index >= 15 is 0 Å². The number of aryl methyl sites for hydroxylation is 2. The Hall–Kier alpha value is -4.13. The SMILES string of the molecule is CCc1nc(Nc2cc(-n3c(Nc4ccc(Br)cc4C)nc4ccccc43)ncn2)cc(N2CCN(CCO)CC2)n1. The van der Waals surface area contributed by atoms with Gasteiger partial charge in [-0.1, -0.05) is 35.0 Å². The van der Waals surface area contributed by atoms with Crippen LogP contribution >= 0.6 is 15.9 Å². The summed E-state index contributed by atoms with van der Waals surface area (Å²) in [5.74, 6) is 4.27. The van der Waals surface area contributed by atoms with Crippen LogP contribution in [0.25, 0.3) is 16.9 Å². The van der Waals surface area contributed by atoms with Crippen molar-refractivity contribution in [2.45, 2.75) is 20.3 Å². The van der Waals surface area contributed by atoms with Crippen LogP contribution < -0.4 is 15.5 Å². The summed E-state index contributed by atoms with van der Waals surface area (Å²) in [5.41, 5.74) is 3.83. The van der Waals surface area contributed by atoms with Crippen molar-refractivity contribution in [2.24, 2.45) is 0 Å². The lowest BCUT2D eigenvalue weighted by molar-refractivity contribution is 0.188. The Morgan fingerprint density at radius 1 is 0.881 bits per heavy atom. The molecule has 12 heteroatoms. The average molecular weight is 630 g/mol. The fraction of sp³-hybridized carbons (Fsp3) is 0.300. The molecule has 1 fully saturated rings. The van der Waals surface area contributed by atoms with Crippen LogP contribution in [0.3, 0.4) is 0 Å². The highest BCUT2D eigenvalue weighted by Crippen LogP contribution is 2.29. The minimum atomic E-state index is 0.179. The number of anilines is 5. The van der Waals surface area contributed by atoms with Gasteiger partial charge in [-0.05, 0) is 42.8 Å². The molecule has 0 spiro atoms. The smallest absolute Gasteiger partial charge is 0.214 e. The zero-order valence-corrected chi connectivity index (χ0v) is 25.2. The molecule has 0 radical (unpaired) electrons. The number of aliphatic hydroxyl groups is 1. The Morgan fingerprint density at radius 2 is 1.69 bits per heavy atom. The number of aromatic nitrogens is 6. The van der Waals surface area contributed by atoms with Crippen LogP contribution in [0.5, 0.6) is 0 Å². The Kier molecular flexibility index (Phi) is 8.27. The third-order valence-electron chi connectivity index (χ3n) is 7.32. The summed E-state index contributed by atoms with van der Waals surface area (Å²) in [5, 5.41) is 16.2. The lowest BCUT2D eigenvalue weighted by Crippen LogP contribution is -2.47. The van der Waals surface area contributed by atoms with E-state index < -0.39 is 0 Å². The molecule has 0 aliphatic carbocycles. The number of para-hydroxylation sites is 2. The van der Waals surface area contributed by atoms with Gasteiger partial charge in [0.25, 0.3) is 0 Å². The van der Waals surface area contributed by atoms with Gasteiger partial charge in [-0.25, -0.2) is 24.9 Å². The summed E-state index contributed by atoms with van der Waals surface area (Å²) in [4.78, 5) is 28.1. The van der Waals surface area contributed by atoms with E-state index in [0.29, 0.717) is 36.4 Å². The van der Waals surface area contributed by atoms with E-state index in [1.54, 1.807) is 6.33 Å². The van der Waals surface area contributed by atoms with E-state index in [9.17, 15) is 5.11 Å². The molecule has 0 saturated carbocycles. The number of β-amino-alcohol motifs (C(OH)–C–C–N with tert-alkyl or cyclic N) is 1. The summed E-state index contributed by atoms with van der Waals surface area (Å²) in [7, 11) is 0. The first-order valence-electron chi connectivity index (χ1n) is 14.1. The zero-order chi connectivity index (χ0) is 29.1. The van der Waals surface area contributed by atoms with Crippen LogP contribution in [0.1, 0.15) is 18.3 Å². The minimum Gasteiger partial charge on any atom is -0.395 e. The fourth-order valence-corrected chi connectivity index (χ4v) is 5.58. The van der Waals surface area contributed by atoms with Gasteiger partial charge in [0.15, 0.2) is 0 Å². The first kappa shape index (κ1) is 28.0. The molecule has 0 atom stereocenters. The molecule has 42 heavy (non-hydrogen) atoms. The van der Waals surface area contributed by atoms with Gasteiger partial charge in [0.05, 0.1) is 17.6 Å². The monoisotopic (exact) mass is 628 g/mol. The van der Waals surface area contributed by atoms with E-state index in [0.717, 1.165) is 64.6 Å². The number of fused-ring (bicyclic) bond motifs is 1. The van der Waals surface area contributed by atoms with Gasteiger partial charge in [0.2, 0.25) is 5.95 Å². The molecule has 0 amide bonds. The lowest BCUT2D eigenvalue weighted by Gasteiger charge is -2.35. The number of hydrogen-bond acceptors (Lipinski definition) is 10. The van der Waals surface area contributed by atoms with Crippen LogP contribution in [0.15, 0.2) is 65.4 Å². The third-order valence-corrected chi connectivity index (χ3v) is 7.81. The molecule has 1 saturated heterocycles. The van der Waals surface area contributed by atoms with E-state index in [1.807, 2.05) is 53.1 Å². The summed E-state index contributed by atoms with van der Waals surface area (Å²) in [6.45, 7) is 8.46. The molecule has 216 valence electrons. The Labute approximate surface area is 252 Å². The number of hydrogen-bond donors (Lipinski definition) is 3. The minimum absolute atomic E-state index is 0.179. The predicted molar refractivity (Wildman–Crippen MR) is 169 cm³/mol. The highest BCUT2D eigenvalue weighted by molar-refractivity contribution is 9.10. The normalized spacial score (nSPS) is 14.0. The second kappa shape index (κ2) is 12.4. The summed E-state index contributed by atoms with van der Waals surface area (Å²) >= 11 is 3.55. The summed E-state index contributed by atoms with van der Waals surface area (Å²) < 4.78 is 3.02. The maximum Gasteiger partial charge on any atom is 0.214 e. The molecule has 4 heterocycles. The maximum atomic E-state index is 9.28. The van der Waals surface area contributed by atoms with Crippen LogP contribution in [0.2, 0.25) is 0 Å². The number of rotatable bonds is 9. The summed E-state index contributed by atoms with van der Waals surface area (Å²) in [6.07, 6.45) is 2.26. The molecule has 3 aromatic heterocycles. The number of nitrogens with zero attached hydrogens (tertiary/aromatic N) is 8. The third kappa shape index (κ3) is 6.06. The van der Waals surface area contributed by atoms with Crippen molar-refractivity contribution >= 4 is 56.1 Å². The number of halogens is 1. The van der Waals surface area contributed by atoms with Crippen LogP contribution in [0.4, 0.5) is 29.1 Å². The Morgan fingerprint density at radius 3 is 2.48 bits per heavy atom. The molecule has 5 aromatic rings. The van der Waals surface area contributed by atoms with Crippen molar-refractivity contribution in [3.8, 4) is 5.82 Å². The Bertz CT molecular complexity index is 1700. The van der Waals surface area contributed by atoms with E-state index in [2.05, 4.69) is 66.2 Å². The van der Waals surface area contributed by atoms with Gasteiger partial charge in [-0.15, -0.1) is 0 Å². The van der Waals surface area contributed by atoms with Crippen LogP contribution in [-0.4, -0.2) is 78.8 Å². The topological polar surface area (TPSA) is 120 Å². The molecule has 0 bridgehead atoms. The van der Waals surface area contributed by atoms with Crippen LogP contribution in [-0.2, 0) is 6.42 Å². The molecule has 11 nitrogen and oxygen atoms in total. The number of imidazole rings is 1. The second-order valence-corrected chi connectivity index (χ2v) is 11.1. The van der Waals surface area contributed by atoms with Crippen molar-refractivity contribution < 1.29 is 5.11 Å². The molecule has 0 unspecified atom stereocenters. The van der Waals surface area contributed by atoms with E-state index in [-0.39, 0.29) is 6.61 Å². The number of benzene rings is 2. The van der Waals surface area contributed by atoms with Crippen molar-refractivity contribution in [3.63, 3.8) is 0 Å². The van der Waals surface area contributed by atoms with Gasteiger partial charge in [0, 0.05) is 61.4 Å². The highest BCUT2D eigenvalue weighted by Gasteiger charge is 2.20. The first-order valence-corrected chi connectivity index (χ1v) is 14.9. The molecular weight excluding hydrogens is 596 g/mol. The fourth-order valence-electron chi connectivity index (χ4n) is 5.11. The van der Waals surface area contributed by atoms with Gasteiger partial charge in [-0.3, -0.25) is 9.47 Å². The Balaban J connectivity index is 1.30. The van der Waals surface area contributed by atoms with Crippen molar-refractivity contribution in [1.82, 2.24) is 34.4 Å². The van der Waals surface area contributed by atoms with Gasteiger partial charge in [0.1, 0.15) is 35.4 Å². The second-order valence-electron chi connectivity index (χ2n) is 10.2. The molecule has 1 aliphatic rings. The van der Waals surface area contributed by atoms with Crippen molar-refractivity contribution in [2.75, 3.05) is 54.9 Å². The average Bonchev–Trinajstić information content (AvgIpc) is 3.37. The largest absolute Gasteiger partial charge is 0.395 e. The molecule has 3 N–H and O–H groups in total. The zero-order valence-electron chi connectivity index (χ0n) is 23.6.